The van der Waals surface area contributed by atoms with E-state index in [-0.39, 0.29) is 3.55 Å². The van der Waals surface area contributed by atoms with E-state index in [0.29, 0.717) is 3.92 Å². The van der Waals surface area contributed by atoms with Crippen LogP contribution in [0.2, 0.25) is 0 Å². The smallest absolute Gasteiger partial charge is 0.0823 e. The molecule has 11 heavy (non-hydrogen) atoms. The monoisotopic (exact) mass is 399 g/mol. The van der Waals surface area contributed by atoms with Crippen molar-refractivity contribution in [3.05, 3.63) is 0 Å². The van der Waals surface area contributed by atoms with E-state index in [9.17, 15) is 0 Å². The summed E-state index contributed by atoms with van der Waals surface area (Å²) in [5.41, 5.74) is 0. The zero-order valence-electron chi connectivity index (χ0n) is 7.25. The van der Waals surface area contributed by atoms with Crippen LogP contribution in [0.5, 0.6) is 0 Å². The van der Waals surface area contributed by atoms with Crippen molar-refractivity contribution in [2.75, 3.05) is 6.16 Å². The maximum atomic E-state index is 3.57. The molecule has 0 spiro atoms. The zero-order valence-corrected chi connectivity index (χ0v) is 12.6. The minimum atomic E-state index is 0.270. The van der Waals surface area contributed by atoms with E-state index in [2.05, 4.69) is 71.0 Å². The number of rotatable bonds is 5. The zero-order chi connectivity index (χ0) is 8.91. The Balaban J connectivity index is 3.55. The van der Waals surface area contributed by atoms with Crippen LogP contribution in [0.4, 0.5) is 0 Å². The van der Waals surface area contributed by atoms with Gasteiger partial charge in [-0.25, -0.2) is 0 Å². The summed E-state index contributed by atoms with van der Waals surface area (Å²) in [6.07, 6.45) is 2.59. The molecule has 2 unspecified atom stereocenters. The van der Waals surface area contributed by atoms with Crippen molar-refractivity contribution in [3.8, 4) is 0 Å². The first-order valence-electron chi connectivity index (χ1n) is 3.83. The van der Waals surface area contributed by atoms with Gasteiger partial charge in [0.05, 0.1) is 3.55 Å². The summed E-state index contributed by atoms with van der Waals surface area (Å²) in [7, 11) is 0.914. The maximum Gasteiger partial charge on any atom is 0.0823 e. The Kier molecular flexibility index (Phi) is 7.39. The number of nitrogens with one attached hydrogen (secondary N) is 1. The van der Waals surface area contributed by atoms with Crippen LogP contribution in [0, 0.1) is 0 Å². The highest BCUT2D eigenvalue weighted by Crippen LogP contribution is 2.29. The molecule has 0 amide bonds. The molecular weight excluding hydrogens is 383 g/mol. The first kappa shape index (κ1) is 12.8. The first-order chi connectivity index (χ1) is 5.00. The van der Waals surface area contributed by atoms with Crippen molar-refractivity contribution in [1.29, 1.82) is 0 Å². The van der Waals surface area contributed by atoms with E-state index in [0.717, 1.165) is 8.73 Å². The van der Waals surface area contributed by atoms with Crippen LogP contribution in [-0.4, -0.2) is 13.6 Å². The third-order valence-electron chi connectivity index (χ3n) is 1.45. The number of hydrogen-bond acceptors (Lipinski definition) is 1. The van der Waals surface area contributed by atoms with Crippen molar-refractivity contribution in [3.63, 3.8) is 0 Å². The van der Waals surface area contributed by atoms with E-state index in [1.165, 1.54) is 12.6 Å². The second-order valence-electron chi connectivity index (χ2n) is 2.74. The molecule has 0 bridgehead atoms. The summed E-state index contributed by atoms with van der Waals surface area (Å²) in [5, 5.41) is 3.57. The number of hydrogen-bond donors (Lipinski definition) is 1. The molecule has 0 saturated carbocycles. The normalized spacial score (nSPS) is 20.5. The van der Waals surface area contributed by atoms with Crippen molar-refractivity contribution >= 4 is 53.9 Å². The molecule has 0 heterocycles. The van der Waals surface area contributed by atoms with Crippen LogP contribution in [0.1, 0.15) is 27.2 Å². The average molecular weight is 399 g/mol. The average Bonchev–Trinajstić information content (AvgIpc) is 1.88. The molecule has 68 valence electrons. The van der Waals surface area contributed by atoms with Gasteiger partial charge in [0.25, 0.3) is 0 Å². The summed E-state index contributed by atoms with van der Waals surface area (Å²) in [6.45, 7) is 6.73. The van der Waals surface area contributed by atoms with E-state index >= 15 is 0 Å². The van der Waals surface area contributed by atoms with Gasteiger partial charge in [-0.1, -0.05) is 74.2 Å². The lowest BCUT2D eigenvalue weighted by Gasteiger charge is -2.27. The summed E-state index contributed by atoms with van der Waals surface area (Å²) < 4.78 is 0.941. The minimum absolute atomic E-state index is 0.270. The van der Waals surface area contributed by atoms with Crippen LogP contribution in [-0.2, 0) is 0 Å². The Bertz CT molecular complexity index is 107. The summed E-state index contributed by atoms with van der Waals surface area (Å²) in [4.78, 5) is 0. The molecule has 0 aliphatic rings. The largest absolute Gasteiger partial charge is 0.283 e. The molecule has 0 aromatic carbocycles. The number of alkyl halides is 2. The molecule has 0 radical (unpaired) electrons. The number of halogens is 2. The van der Waals surface area contributed by atoms with Gasteiger partial charge in [-0.15, -0.1) is 0 Å². The molecule has 1 nitrogen and oxygen atoms in total. The summed E-state index contributed by atoms with van der Waals surface area (Å²) >= 11 is 4.97. The van der Waals surface area contributed by atoms with Gasteiger partial charge >= 0.3 is 0 Å². The fourth-order valence-corrected chi connectivity index (χ4v) is 2.42. The van der Waals surface area contributed by atoms with Gasteiger partial charge in [-0.2, -0.15) is 0 Å². The molecule has 0 aromatic rings. The fourth-order valence-electron chi connectivity index (χ4n) is 0.460. The second-order valence-corrected chi connectivity index (χ2v) is 7.96. The lowest BCUT2D eigenvalue weighted by Crippen LogP contribution is -2.37. The molecule has 0 rings (SSSR count). The Morgan fingerprint density at radius 1 is 1.64 bits per heavy atom. The molecule has 0 fully saturated rings. The van der Waals surface area contributed by atoms with Crippen molar-refractivity contribution in [2.24, 2.45) is 0 Å². The van der Waals surface area contributed by atoms with Crippen molar-refractivity contribution in [1.82, 2.24) is 5.09 Å². The highest BCUT2D eigenvalue weighted by Gasteiger charge is 2.24. The van der Waals surface area contributed by atoms with Gasteiger partial charge in [0.15, 0.2) is 0 Å². The van der Waals surface area contributed by atoms with Gasteiger partial charge in [-0.05, 0) is 13.1 Å². The summed E-state index contributed by atoms with van der Waals surface area (Å²) in [5.74, 6) is 0. The molecule has 0 aromatic heterocycles. The van der Waals surface area contributed by atoms with Gasteiger partial charge in [0.1, 0.15) is 0 Å². The third-order valence-corrected chi connectivity index (χ3v) is 7.05. The van der Waals surface area contributed by atoms with Crippen molar-refractivity contribution in [2.45, 2.75) is 34.7 Å². The van der Waals surface area contributed by atoms with E-state index < -0.39 is 0 Å². The van der Waals surface area contributed by atoms with Crippen LogP contribution in [0.3, 0.4) is 0 Å². The lowest BCUT2D eigenvalue weighted by molar-refractivity contribution is 0.667. The first-order valence-corrected chi connectivity index (χ1v) is 7.37. The Morgan fingerprint density at radius 3 is 2.55 bits per heavy atom. The molecule has 0 aliphatic heterocycles. The van der Waals surface area contributed by atoms with Crippen LogP contribution >= 0.6 is 53.9 Å². The lowest BCUT2D eigenvalue weighted by atomic mass is 10.3. The Labute approximate surface area is 99.0 Å². The third kappa shape index (κ3) is 5.99. The van der Waals surface area contributed by atoms with Crippen LogP contribution in [0.15, 0.2) is 0 Å². The molecule has 0 aliphatic carbocycles. The Hall–Kier alpha value is 1.85. The minimum Gasteiger partial charge on any atom is -0.283 e. The van der Waals surface area contributed by atoms with Gasteiger partial charge < -0.3 is 0 Å². The van der Waals surface area contributed by atoms with Crippen LogP contribution in [0.25, 0.3) is 0 Å². The van der Waals surface area contributed by atoms with Gasteiger partial charge in [-0.3, -0.25) is 5.09 Å². The summed E-state index contributed by atoms with van der Waals surface area (Å²) in [6, 6.07) is 0. The van der Waals surface area contributed by atoms with Crippen LogP contribution < -0.4 is 5.09 Å². The highest BCUT2D eigenvalue weighted by atomic mass is 127. The highest BCUT2D eigenvalue weighted by molar-refractivity contribution is 14.1. The predicted molar refractivity (Wildman–Crippen MR) is 72.5 cm³/mol. The van der Waals surface area contributed by atoms with Gasteiger partial charge in [0.2, 0.25) is 0 Å². The molecule has 0 saturated heterocycles. The standard InChI is InChI=1S/C7H16I2NP/c1-4-5-11-10-7(3,9)6(2)8/h6,10-11H,4-5H2,1-3H3/t6-,7?/m1/s1. The van der Waals surface area contributed by atoms with E-state index in [1.807, 2.05) is 0 Å². The SMILES string of the molecule is CCCPNC(C)(I)[C@@H](C)I. The fraction of sp³-hybridized carbons (Fsp3) is 1.00. The molecule has 1 N–H and O–H groups in total. The molecule has 3 atom stereocenters. The van der Waals surface area contributed by atoms with Gasteiger partial charge in [0, 0.05) is 3.92 Å². The maximum absolute atomic E-state index is 3.57. The van der Waals surface area contributed by atoms with E-state index in [4.69, 9.17) is 0 Å². The van der Waals surface area contributed by atoms with E-state index in [1.54, 1.807) is 0 Å². The second kappa shape index (κ2) is 6.33. The van der Waals surface area contributed by atoms with Crippen molar-refractivity contribution < 1.29 is 0 Å². The Morgan fingerprint density at radius 2 is 2.18 bits per heavy atom. The predicted octanol–water partition coefficient (Wildman–Crippen LogP) is 3.55. The topological polar surface area (TPSA) is 12.0 Å². The quantitative estimate of drug-likeness (QED) is 0.245. The molecular formula is C7H16I2NP. The molecule has 4 heteroatoms.